The zero-order valence-corrected chi connectivity index (χ0v) is 19.8. The predicted octanol–water partition coefficient (Wildman–Crippen LogP) is 3.44. The molecule has 0 spiro atoms. The van der Waals surface area contributed by atoms with Crippen LogP contribution in [0.1, 0.15) is 37.3 Å². The summed E-state index contributed by atoms with van der Waals surface area (Å²) in [5.74, 6) is 1.05. The highest BCUT2D eigenvalue weighted by molar-refractivity contribution is 7.89. The van der Waals surface area contributed by atoms with E-state index in [0.29, 0.717) is 37.6 Å². The number of carbonyl (C=O) groups is 1. The van der Waals surface area contributed by atoms with Crippen molar-refractivity contribution in [2.45, 2.75) is 51.0 Å². The molecule has 1 N–H and O–H groups in total. The number of rotatable bonds is 10. The van der Waals surface area contributed by atoms with Crippen molar-refractivity contribution in [3.8, 4) is 11.5 Å². The number of aryl methyl sites for hydroxylation is 2. The first-order valence-electron chi connectivity index (χ1n) is 11.1. The average Bonchev–Trinajstić information content (AvgIpc) is 3.30. The Balaban J connectivity index is 1.46. The summed E-state index contributed by atoms with van der Waals surface area (Å²) in [5.41, 5.74) is 2.17. The molecule has 3 rings (SSSR count). The van der Waals surface area contributed by atoms with Crippen LogP contribution in [0.25, 0.3) is 0 Å². The second-order valence-electron chi connectivity index (χ2n) is 8.06. The molecule has 0 aromatic heterocycles. The number of nitrogens with zero attached hydrogens (tertiary/aromatic N) is 1. The lowest BCUT2D eigenvalue weighted by atomic mass is 10.1. The van der Waals surface area contributed by atoms with Crippen molar-refractivity contribution in [1.82, 2.24) is 9.62 Å². The molecule has 1 saturated heterocycles. The van der Waals surface area contributed by atoms with Crippen LogP contribution in [0.15, 0.2) is 47.4 Å². The Morgan fingerprint density at radius 3 is 2.25 bits per heavy atom. The molecule has 1 amide bonds. The van der Waals surface area contributed by atoms with Gasteiger partial charge in [-0.2, -0.15) is 4.31 Å². The minimum atomic E-state index is -3.43. The van der Waals surface area contributed by atoms with Crippen LogP contribution in [0.2, 0.25) is 0 Å². The van der Waals surface area contributed by atoms with E-state index < -0.39 is 16.1 Å². The van der Waals surface area contributed by atoms with Gasteiger partial charge in [0.15, 0.2) is 6.10 Å². The molecule has 0 bridgehead atoms. The molecule has 1 atom stereocenters. The van der Waals surface area contributed by atoms with Crippen LogP contribution >= 0.6 is 0 Å². The van der Waals surface area contributed by atoms with Crippen molar-refractivity contribution in [3.05, 3.63) is 53.6 Å². The van der Waals surface area contributed by atoms with E-state index in [0.717, 1.165) is 24.0 Å². The lowest BCUT2D eigenvalue weighted by Gasteiger charge is -2.18. The monoisotopic (exact) mass is 460 g/mol. The number of nitrogens with one attached hydrogen (secondary N) is 1. The average molecular weight is 461 g/mol. The van der Waals surface area contributed by atoms with Crippen molar-refractivity contribution in [2.75, 3.05) is 26.2 Å². The topological polar surface area (TPSA) is 84.9 Å². The number of sulfonamides is 1. The summed E-state index contributed by atoms with van der Waals surface area (Å²) in [4.78, 5) is 12.8. The van der Waals surface area contributed by atoms with Gasteiger partial charge in [0.2, 0.25) is 10.0 Å². The maximum absolute atomic E-state index is 12.6. The molecule has 2 aromatic carbocycles. The highest BCUT2D eigenvalue weighted by atomic mass is 32.2. The second-order valence-corrected chi connectivity index (χ2v) is 10.00. The van der Waals surface area contributed by atoms with E-state index in [-0.39, 0.29) is 17.4 Å². The van der Waals surface area contributed by atoms with E-state index in [9.17, 15) is 13.2 Å². The third kappa shape index (κ3) is 6.23. The Morgan fingerprint density at radius 1 is 1.03 bits per heavy atom. The highest BCUT2D eigenvalue weighted by Gasteiger charge is 2.27. The van der Waals surface area contributed by atoms with Crippen molar-refractivity contribution < 1.29 is 22.7 Å². The SMILES string of the molecule is CCC(Oc1cc(C)cc(C)c1)C(=O)NCCOc1ccc(S(=O)(=O)N2CCCC2)cc1. The Bertz CT molecular complexity index is 995. The van der Waals surface area contributed by atoms with E-state index in [1.165, 1.54) is 4.31 Å². The number of ether oxygens (including phenoxy) is 2. The molecule has 32 heavy (non-hydrogen) atoms. The maximum atomic E-state index is 12.6. The Labute approximate surface area is 190 Å². The van der Waals surface area contributed by atoms with Crippen molar-refractivity contribution >= 4 is 15.9 Å². The smallest absolute Gasteiger partial charge is 0.261 e. The molecule has 0 radical (unpaired) electrons. The van der Waals surface area contributed by atoms with E-state index in [4.69, 9.17) is 9.47 Å². The Morgan fingerprint density at radius 2 is 1.66 bits per heavy atom. The molecule has 174 valence electrons. The van der Waals surface area contributed by atoms with Gasteiger partial charge in [-0.1, -0.05) is 13.0 Å². The minimum Gasteiger partial charge on any atom is -0.492 e. The zero-order chi connectivity index (χ0) is 23.1. The summed E-state index contributed by atoms with van der Waals surface area (Å²) in [6, 6.07) is 12.3. The van der Waals surface area contributed by atoms with Gasteiger partial charge in [-0.05, 0) is 80.6 Å². The fourth-order valence-electron chi connectivity index (χ4n) is 3.73. The van der Waals surface area contributed by atoms with Crippen LogP contribution in [0.3, 0.4) is 0 Å². The van der Waals surface area contributed by atoms with Crippen LogP contribution in [-0.2, 0) is 14.8 Å². The first-order valence-corrected chi connectivity index (χ1v) is 12.5. The third-order valence-electron chi connectivity index (χ3n) is 5.33. The minimum absolute atomic E-state index is 0.192. The van der Waals surface area contributed by atoms with Crippen LogP contribution in [0.4, 0.5) is 0 Å². The van der Waals surface area contributed by atoms with Gasteiger partial charge in [-0.3, -0.25) is 4.79 Å². The maximum Gasteiger partial charge on any atom is 0.261 e. The molecule has 1 aliphatic heterocycles. The standard InChI is InChI=1S/C24H32N2O5S/c1-4-23(31-21-16-18(2)15-19(3)17-21)24(27)25-11-14-30-20-7-9-22(10-8-20)32(28,29)26-12-5-6-13-26/h7-10,15-17,23H,4-6,11-14H2,1-3H3,(H,25,27). The van der Waals surface area contributed by atoms with E-state index in [1.54, 1.807) is 24.3 Å². The van der Waals surface area contributed by atoms with Crippen LogP contribution in [0.5, 0.6) is 11.5 Å². The Kier molecular flexibility index (Phi) is 8.15. The summed E-state index contributed by atoms with van der Waals surface area (Å²) >= 11 is 0. The van der Waals surface area contributed by atoms with E-state index in [2.05, 4.69) is 11.4 Å². The summed E-state index contributed by atoms with van der Waals surface area (Å²) in [6.45, 7) is 7.63. The zero-order valence-electron chi connectivity index (χ0n) is 19.0. The predicted molar refractivity (Wildman–Crippen MR) is 124 cm³/mol. The number of hydrogen-bond donors (Lipinski definition) is 1. The lowest BCUT2D eigenvalue weighted by Crippen LogP contribution is -2.39. The lowest BCUT2D eigenvalue weighted by molar-refractivity contribution is -0.128. The fraction of sp³-hybridized carbons (Fsp3) is 0.458. The number of carbonyl (C=O) groups excluding carboxylic acids is 1. The normalized spacial score (nSPS) is 15.3. The number of hydrogen-bond acceptors (Lipinski definition) is 5. The summed E-state index contributed by atoms with van der Waals surface area (Å²) in [7, 11) is -3.43. The molecule has 0 saturated carbocycles. The van der Waals surface area contributed by atoms with Gasteiger partial charge in [0, 0.05) is 13.1 Å². The van der Waals surface area contributed by atoms with Gasteiger partial charge in [0.1, 0.15) is 18.1 Å². The molecule has 7 nitrogen and oxygen atoms in total. The van der Waals surface area contributed by atoms with Gasteiger partial charge in [0.25, 0.3) is 5.91 Å². The van der Waals surface area contributed by atoms with Crippen molar-refractivity contribution in [3.63, 3.8) is 0 Å². The second kappa shape index (κ2) is 10.8. The van der Waals surface area contributed by atoms with Crippen LogP contribution in [0, 0.1) is 13.8 Å². The summed E-state index contributed by atoms with van der Waals surface area (Å²) in [5, 5.41) is 2.83. The first-order chi connectivity index (χ1) is 15.3. The molecule has 1 aliphatic rings. The van der Waals surface area contributed by atoms with Gasteiger partial charge >= 0.3 is 0 Å². The Hall–Kier alpha value is -2.58. The van der Waals surface area contributed by atoms with Gasteiger partial charge in [-0.15, -0.1) is 0 Å². The first kappa shape index (κ1) is 24.1. The summed E-state index contributed by atoms with van der Waals surface area (Å²) < 4.78 is 38.2. The van der Waals surface area contributed by atoms with Crippen molar-refractivity contribution in [2.24, 2.45) is 0 Å². The van der Waals surface area contributed by atoms with E-state index in [1.807, 2.05) is 32.9 Å². The molecule has 1 unspecified atom stereocenters. The highest BCUT2D eigenvalue weighted by Crippen LogP contribution is 2.23. The van der Waals surface area contributed by atoms with Crippen molar-refractivity contribution in [1.29, 1.82) is 0 Å². The van der Waals surface area contributed by atoms with Crippen LogP contribution < -0.4 is 14.8 Å². The van der Waals surface area contributed by atoms with Crippen LogP contribution in [-0.4, -0.2) is 51.0 Å². The summed E-state index contributed by atoms with van der Waals surface area (Å²) in [6.07, 6.45) is 1.78. The molecule has 1 fully saturated rings. The largest absolute Gasteiger partial charge is 0.492 e. The third-order valence-corrected chi connectivity index (χ3v) is 7.25. The molecule has 8 heteroatoms. The molecular formula is C24H32N2O5S. The number of benzene rings is 2. The molecular weight excluding hydrogens is 428 g/mol. The van der Waals surface area contributed by atoms with Gasteiger partial charge in [0.05, 0.1) is 11.4 Å². The molecule has 0 aliphatic carbocycles. The van der Waals surface area contributed by atoms with Gasteiger partial charge in [-0.25, -0.2) is 8.42 Å². The quantitative estimate of drug-likeness (QED) is 0.549. The molecule has 2 aromatic rings. The fourth-order valence-corrected chi connectivity index (χ4v) is 5.25. The van der Waals surface area contributed by atoms with Gasteiger partial charge < -0.3 is 14.8 Å². The van der Waals surface area contributed by atoms with E-state index >= 15 is 0 Å². The number of amides is 1. The molecule has 1 heterocycles.